The maximum absolute atomic E-state index is 5.93. The number of nitrogens with zero attached hydrogens (tertiary/aromatic N) is 3. The van der Waals surface area contributed by atoms with E-state index in [9.17, 15) is 0 Å². The average molecular weight is 221 g/mol. The lowest BCUT2D eigenvalue weighted by molar-refractivity contribution is -0.245. The molecule has 3 saturated heterocycles. The lowest BCUT2D eigenvalue weighted by Crippen LogP contribution is -2.71. The van der Waals surface area contributed by atoms with Crippen LogP contribution in [-0.4, -0.2) is 48.0 Å². The van der Waals surface area contributed by atoms with Crippen LogP contribution in [-0.2, 0) is 4.84 Å². The van der Waals surface area contributed by atoms with Crippen molar-refractivity contribution in [2.45, 2.75) is 25.5 Å². The molecule has 1 saturated carbocycles. The van der Waals surface area contributed by atoms with Gasteiger partial charge in [-0.15, -0.1) is 0 Å². The van der Waals surface area contributed by atoms with Gasteiger partial charge in [-0.25, -0.2) is 0 Å². The first kappa shape index (κ1) is 9.28. The number of piperidine rings is 3. The number of rotatable bonds is 0. The van der Waals surface area contributed by atoms with E-state index in [4.69, 9.17) is 4.84 Å². The van der Waals surface area contributed by atoms with Gasteiger partial charge in [-0.1, -0.05) is 5.16 Å². The molecule has 0 aromatic rings. The Balaban J connectivity index is 1.75. The van der Waals surface area contributed by atoms with Crippen LogP contribution in [0.1, 0.15) is 19.8 Å². The maximum atomic E-state index is 5.93. The van der Waals surface area contributed by atoms with Gasteiger partial charge in [-0.3, -0.25) is 0 Å². The second-order valence-corrected chi connectivity index (χ2v) is 5.99. The van der Waals surface area contributed by atoms with Gasteiger partial charge in [0.25, 0.3) is 0 Å². The number of hydrogen-bond acceptors (Lipinski definition) is 4. The minimum atomic E-state index is -0.0858. The van der Waals surface area contributed by atoms with Gasteiger partial charge in [-0.05, 0) is 25.7 Å². The first-order chi connectivity index (χ1) is 7.70. The quantitative estimate of drug-likeness (QED) is 0.609. The molecule has 4 nitrogen and oxygen atoms in total. The normalized spacial score (nSPS) is 53.4. The van der Waals surface area contributed by atoms with Crippen LogP contribution in [0.25, 0.3) is 0 Å². The first-order valence-electron chi connectivity index (χ1n) is 6.39. The summed E-state index contributed by atoms with van der Waals surface area (Å²) in [7, 11) is 2.16. The molecule has 2 unspecified atom stereocenters. The second-order valence-electron chi connectivity index (χ2n) is 5.99. The molecule has 4 heterocycles. The van der Waals surface area contributed by atoms with E-state index in [0.29, 0.717) is 11.8 Å². The summed E-state index contributed by atoms with van der Waals surface area (Å²) in [6.45, 7) is 5.80. The summed E-state index contributed by atoms with van der Waals surface area (Å²) >= 11 is 0. The van der Waals surface area contributed by atoms with Crippen molar-refractivity contribution in [2.75, 3.05) is 26.7 Å². The molecule has 0 N–H and O–H groups in total. The highest BCUT2D eigenvalue weighted by Crippen LogP contribution is 2.53. The zero-order chi connectivity index (χ0) is 10.9. The molecule has 16 heavy (non-hydrogen) atoms. The molecule has 88 valence electrons. The average Bonchev–Trinajstić information content (AvgIpc) is 2.54. The van der Waals surface area contributed by atoms with Gasteiger partial charge in [0.2, 0.25) is 5.72 Å². The van der Waals surface area contributed by atoms with Crippen molar-refractivity contribution in [3.63, 3.8) is 0 Å². The van der Waals surface area contributed by atoms with Crippen molar-refractivity contribution in [3.05, 3.63) is 0 Å². The summed E-state index contributed by atoms with van der Waals surface area (Å²) in [5.74, 6) is 3.28. The molecule has 4 bridgehead atoms. The zero-order valence-electron chi connectivity index (χ0n) is 10.0. The predicted molar refractivity (Wildman–Crippen MR) is 60.8 cm³/mol. The van der Waals surface area contributed by atoms with E-state index in [1.807, 2.05) is 0 Å². The molecule has 1 spiro atoms. The Kier molecular flexibility index (Phi) is 1.58. The van der Waals surface area contributed by atoms with E-state index in [0.717, 1.165) is 11.8 Å². The van der Waals surface area contributed by atoms with Gasteiger partial charge < -0.3 is 14.6 Å². The van der Waals surface area contributed by atoms with Crippen LogP contribution in [0.2, 0.25) is 0 Å². The molecule has 1 aliphatic carbocycles. The van der Waals surface area contributed by atoms with Crippen molar-refractivity contribution in [3.8, 4) is 0 Å². The molecule has 0 amide bonds. The molecular formula is C12H19N3O. The molecule has 5 aliphatic rings. The Morgan fingerprint density at radius 1 is 1.25 bits per heavy atom. The number of hydrogen-bond donors (Lipinski definition) is 0. The first-order valence-corrected chi connectivity index (χ1v) is 6.39. The van der Waals surface area contributed by atoms with Crippen molar-refractivity contribution < 1.29 is 4.84 Å². The van der Waals surface area contributed by atoms with Gasteiger partial charge in [0.1, 0.15) is 5.84 Å². The molecule has 5 rings (SSSR count). The Hall–Kier alpha value is -0.770. The van der Waals surface area contributed by atoms with Crippen molar-refractivity contribution >= 4 is 5.84 Å². The lowest BCUT2D eigenvalue weighted by atomic mass is 9.62. The summed E-state index contributed by atoms with van der Waals surface area (Å²) < 4.78 is 0. The highest BCUT2D eigenvalue weighted by molar-refractivity contribution is 5.80. The van der Waals surface area contributed by atoms with Gasteiger partial charge in [-0.2, -0.15) is 0 Å². The van der Waals surface area contributed by atoms with E-state index >= 15 is 0 Å². The fraction of sp³-hybridized carbons (Fsp3) is 0.917. The lowest BCUT2D eigenvalue weighted by Gasteiger charge is -2.60. The van der Waals surface area contributed by atoms with E-state index < -0.39 is 0 Å². The molecule has 4 fully saturated rings. The number of amidine groups is 1. The molecule has 4 aliphatic heterocycles. The maximum Gasteiger partial charge on any atom is 0.219 e. The van der Waals surface area contributed by atoms with Crippen molar-refractivity contribution in [1.29, 1.82) is 0 Å². The summed E-state index contributed by atoms with van der Waals surface area (Å²) in [4.78, 5) is 10.9. The Morgan fingerprint density at radius 2 is 1.94 bits per heavy atom. The Labute approximate surface area is 96.2 Å². The van der Waals surface area contributed by atoms with Gasteiger partial charge in [0.15, 0.2) is 0 Å². The topological polar surface area (TPSA) is 28.1 Å². The molecule has 0 aromatic heterocycles. The fourth-order valence-corrected chi connectivity index (χ4v) is 4.56. The van der Waals surface area contributed by atoms with Crippen molar-refractivity contribution in [1.82, 2.24) is 9.80 Å². The molecule has 4 heteroatoms. The highest BCUT2D eigenvalue weighted by Gasteiger charge is 2.63. The zero-order valence-corrected chi connectivity index (χ0v) is 10.0. The minimum Gasteiger partial charge on any atom is -0.365 e. The molecule has 0 radical (unpaired) electrons. The van der Waals surface area contributed by atoms with E-state index in [-0.39, 0.29) is 5.72 Å². The third-order valence-electron chi connectivity index (χ3n) is 5.21. The minimum absolute atomic E-state index is 0.0858. The van der Waals surface area contributed by atoms with Gasteiger partial charge >= 0.3 is 0 Å². The van der Waals surface area contributed by atoms with Crippen LogP contribution in [0, 0.1) is 17.8 Å². The van der Waals surface area contributed by atoms with Crippen LogP contribution in [0.5, 0.6) is 0 Å². The van der Waals surface area contributed by atoms with Gasteiger partial charge in [0, 0.05) is 38.5 Å². The summed E-state index contributed by atoms with van der Waals surface area (Å²) in [6, 6.07) is 0. The third-order valence-corrected chi connectivity index (χ3v) is 5.21. The molecule has 2 atom stereocenters. The van der Waals surface area contributed by atoms with Crippen LogP contribution in [0.4, 0.5) is 0 Å². The van der Waals surface area contributed by atoms with E-state index in [2.05, 4.69) is 28.9 Å². The monoisotopic (exact) mass is 221 g/mol. The molecule has 0 aromatic carbocycles. The third kappa shape index (κ3) is 0.887. The molecular weight excluding hydrogens is 202 g/mol. The van der Waals surface area contributed by atoms with Crippen LogP contribution >= 0.6 is 0 Å². The largest absolute Gasteiger partial charge is 0.365 e. The highest BCUT2D eigenvalue weighted by atomic mass is 16.7. The standard InChI is InChI=1S/C12H19N3O/c1-8-13-16-12(14(8)2)10-3-9-4-11(12)7-15(5-9)6-10/h9-11H,3-7H2,1-2H3. The SMILES string of the molecule is CC1=NOC2(C3CC4CC2CN(C4)C3)N1C. The van der Waals surface area contributed by atoms with E-state index in [1.165, 1.54) is 32.5 Å². The fourth-order valence-electron chi connectivity index (χ4n) is 4.56. The number of oxime groups is 1. The van der Waals surface area contributed by atoms with Crippen LogP contribution in [0.15, 0.2) is 5.16 Å². The smallest absolute Gasteiger partial charge is 0.219 e. The van der Waals surface area contributed by atoms with Gasteiger partial charge in [0.05, 0.1) is 0 Å². The van der Waals surface area contributed by atoms with E-state index in [1.54, 1.807) is 0 Å². The summed E-state index contributed by atoms with van der Waals surface area (Å²) in [5, 5.41) is 4.24. The van der Waals surface area contributed by atoms with Crippen LogP contribution in [0.3, 0.4) is 0 Å². The summed E-state index contributed by atoms with van der Waals surface area (Å²) in [6.07, 6.45) is 2.67. The Morgan fingerprint density at radius 3 is 2.44 bits per heavy atom. The predicted octanol–water partition coefficient (Wildman–Crippen LogP) is 0.950. The Bertz CT molecular complexity index is 337. The summed E-state index contributed by atoms with van der Waals surface area (Å²) in [5.41, 5.74) is -0.0858. The van der Waals surface area contributed by atoms with Crippen LogP contribution < -0.4 is 0 Å². The van der Waals surface area contributed by atoms with Crippen molar-refractivity contribution in [2.24, 2.45) is 22.9 Å². The second kappa shape index (κ2) is 2.73.